The number of hydrogen-bond donors (Lipinski definition) is 0. The molecule has 1 aliphatic rings. The van der Waals surface area contributed by atoms with Gasteiger partial charge in [0.1, 0.15) is 6.73 Å². The molecule has 0 bridgehead atoms. The van der Waals surface area contributed by atoms with Crippen molar-refractivity contribution >= 4 is 5.69 Å². The van der Waals surface area contributed by atoms with Crippen molar-refractivity contribution in [2.75, 3.05) is 25.3 Å². The second-order valence-corrected chi connectivity index (χ2v) is 4.06. The van der Waals surface area contributed by atoms with Gasteiger partial charge in [0.15, 0.2) is 0 Å². The SMILES string of the molecule is CCc1cccc2c1N(COC)CCC2. The van der Waals surface area contributed by atoms with Crippen molar-refractivity contribution in [2.24, 2.45) is 0 Å². The summed E-state index contributed by atoms with van der Waals surface area (Å²) in [7, 11) is 1.77. The Labute approximate surface area is 91.9 Å². The van der Waals surface area contributed by atoms with Crippen molar-refractivity contribution in [1.29, 1.82) is 0 Å². The van der Waals surface area contributed by atoms with E-state index in [2.05, 4.69) is 30.0 Å². The fourth-order valence-electron chi connectivity index (χ4n) is 2.39. The van der Waals surface area contributed by atoms with E-state index >= 15 is 0 Å². The molecule has 1 heterocycles. The van der Waals surface area contributed by atoms with Crippen LogP contribution in [0.1, 0.15) is 24.5 Å². The van der Waals surface area contributed by atoms with Gasteiger partial charge in [-0.3, -0.25) is 0 Å². The van der Waals surface area contributed by atoms with Gasteiger partial charge >= 0.3 is 0 Å². The van der Waals surface area contributed by atoms with E-state index in [9.17, 15) is 0 Å². The fourth-order valence-corrected chi connectivity index (χ4v) is 2.39. The van der Waals surface area contributed by atoms with Gasteiger partial charge in [0.2, 0.25) is 0 Å². The maximum Gasteiger partial charge on any atom is 0.118 e. The quantitative estimate of drug-likeness (QED) is 0.752. The molecule has 2 rings (SSSR count). The third-order valence-electron chi connectivity index (χ3n) is 3.06. The molecule has 0 fully saturated rings. The minimum atomic E-state index is 0.712. The lowest BCUT2D eigenvalue weighted by Crippen LogP contribution is -2.32. The number of ether oxygens (including phenoxy) is 1. The minimum absolute atomic E-state index is 0.712. The number of rotatable bonds is 3. The molecule has 2 heteroatoms. The van der Waals surface area contributed by atoms with Crippen LogP contribution in [0, 0.1) is 0 Å². The van der Waals surface area contributed by atoms with Crippen molar-refractivity contribution in [3.63, 3.8) is 0 Å². The minimum Gasteiger partial charge on any atom is -0.364 e. The van der Waals surface area contributed by atoms with Crippen molar-refractivity contribution in [3.05, 3.63) is 29.3 Å². The molecule has 0 saturated carbocycles. The first-order chi connectivity index (χ1) is 7.36. The highest BCUT2D eigenvalue weighted by molar-refractivity contribution is 5.61. The largest absolute Gasteiger partial charge is 0.364 e. The smallest absolute Gasteiger partial charge is 0.118 e. The molecular formula is C13H19NO. The second kappa shape index (κ2) is 4.67. The molecule has 1 aliphatic heterocycles. The number of nitrogens with zero attached hydrogens (tertiary/aromatic N) is 1. The first-order valence-electron chi connectivity index (χ1n) is 5.71. The van der Waals surface area contributed by atoms with Crippen LogP contribution in [-0.2, 0) is 17.6 Å². The highest BCUT2D eigenvalue weighted by atomic mass is 16.5. The number of fused-ring (bicyclic) bond motifs is 1. The summed E-state index contributed by atoms with van der Waals surface area (Å²) in [6, 6.07) is 6.65. The molecule has 0 amide bonds. The van der Waals surface area contributed by atoms with E-state index in [0.29, 0.717) is 6.73 Å². The summed E-state index contributed by atoms with van der Waals surface area (Å²) in [4.78, 5) is 2.36. The molecule has 82 valence electrons. The van der Waals surface area contributed by atoms with Gasteiger partial charge in [-0.1, -0.05) is 25.1 Å². The van der Waals surface area contributed by atoms with E-state index in [1.54, 1.807) is 7.11 Å². The molecule has 2 nitrogen and oxygen atoms in total. The number of methoxy groups -OCH3 is 1. The van der Waals surface area contributed by atoms with E-state index < -0.39 is 0 Å². The zero-order valence-electron chi connectivity index (χ0n) is 9.62. The lowest BCUT2D eigenvalue weighted by Gasteiger charge is -2.32. The molecule has 0 aromatic heterocycles. The molecule has 0 spiro atoms. The average Bonchev–Trinajstić information content (AvgIpc) is 2.29. The van der Waals surface area contributed by atoms with E-state index in [1.807, 2.05) is 0 Å². The van der Waals surface area contributed by atoms with Gasteiger partial charge in [-0.05, 0) is 30.4 Å². The summed E-state index contributed by atoms with van der Waals surface area (Å²) in [5.74, 6) is 0. The van der Waals surface area contributed by atoms with Gasteiger partial charge in [-0.25, -0.2) is 0 Å². The van der Waals surface area contributed by atoms with Crippen molar-refractivity contribution in [2.45, 2.75) is 26.2 Å². The van der Waals surface area contributed by atoms with Crippen molar-refractivity contribution in [1.82, 2.24) is 0 Å². The number of benzene rings is 1. The Kier molecular flexibility index (Phi) is 3.27. The van der Waals surface area contributed by atoms with Crippen LogP contribution in [0.2, 0.25) is 0 Å². The molecule has 0 radical (unpaired) electrons. The number of hydrogen-bond acceptors (Lipinski definition) is 2. The molecule has 0 aliphatic carbocycles. The maximum absolute atomic E-state index is 5.26. The third kappa shape index (κ3) is 2.00. The Bertz CT molecular complexity index is 321. The van der Waals surface area contributed by atoms with E-state index in [-0.39, 0.29) is 0 Å². The summed E-state index contributed by atoms with van der Waals surface area (Å²) < 4.78 is 5.26. The molecule has 0 unspecified atom stereocenters. The summed E-state index contributed by atoms with van der Waals surface area (Å²) in [5.41, 5.74) is 4.36. The molecule has 0 saturated heterocycles. The van der Waals surface area contributed by atoms with Crippen LogP contribution < -0.4 is 4.90 Å². The summed E-state index contributed by atoms with van der Waals surface area (Å²) >= 11 is 0. The molecule has 0 N–H and O–H groups in total. The summed E-state index contributed by atoms with van der Waals surface area (Å²) in [6.07, 6.45) is 3.55. The van der Waals surface area contributed by atoms with Gasteiger partial charge in [0.25, 0.3) is 0 Å². The standard InChI is InChI=1S/C13H19NO/c1-3-11-6-4-7-12-8-5-9-14(10-15-2)13(11)12/h4,6-7H,3,5,8-10H2,1-2H3. The maximum atomic E-state index is 5.26. The Morgan fingerprint density at radius 3 is 3.00 bits per heavy atom. The molecule has 15 heavy (non-hydrogen) atoms. The van der Waals surface area contributed by atoms with Crippen LogP contribution in [0.25, 0.3) is 0 Å². The highest BCUT2D eigenvalue weighted by Crippen LogP contribution is 2.30. The van der Waals surface area contributed by atoms with Gasteiger partial charge in [0, 0.05) is 19.3 Å². The summed E-state index contributed by atoms with van der Waals surface area (Å²) in [6.45, 7) is 4.05. The molecule has 0 atom stereocenters. The average molecular weight is 205 g/mol. The number of aryl methyl sites for hydroxylation is 2. The van der Waals surface area contributed by atoms with Crippen LogP contribution in [-0.4, -0.2) is 20.4 Å². The lowest BCUT2D eigenvalue weighted by molar-refractivity contribution is 0.195. The van der Waals surface area contributed by atoms with E-state index in [4.69, 9.17) is 4.74 Å². The predicted molar refractivity (Wildman–Crippen MR) is 63.4 cm³/mol. The number of para-hydroxylation sites is 1. The van der Waals surface area contributed by atoms with Crippen LogP contribution in [0.4, 0.5) is 5.69 Å². The Morgan fingerprint density at radius 1 is 1.40 bits per heavy atom. The van der Waals surface area contributed by atoms with E-state index in [0.717, 1.165) is 13.0 Å². The number of anilines is 1. The Morgan fingerprint density at radius 2 is 2.27 bits per heavy atom. The summed E-state index contributed by atoms with van der Waals surface area (Å²) in [5, 5.41) is 0. The zero-order valence-corrected chi connectivity index (χ0v) is 9.62. The Hall–Kier alpha value is -1.02. The van der Waals surface area contributed by atoms with Gasteiger partial charge in [0.05, 0.1) is 0 Å². The molecule has 1 aromatic carbocycles. The van der Waals surface area contributed by atoms with Crippen LogP contribution in [0.15, 0.2) is 18.2 Å². The highest BCUT2D eigenvalue weighted by Gasteiger charge is 2.18. The second-order valence-electron chi connectivity index (χ2n) is 4.06. The fraction of sp³-hybridized carbons (Fsp3) is 0.538. The predicted octanol–water partition coefficient (Wildman–Crippen LogP) is 2.61. The topological polar surface area (TPSA) is 12.5 Å². The first kappa shape index (κ1) is 10.5. The van der Waals surface area contributed by atoms with Crippen molar-refractivity contribution in [3.8, 4) is 0 Å². The van der Waals surface area contributed by atoms with Crippen LogP contribution in [0.5, 0.6) is 0 Å². The third-order valence-corrected chi connectivity index (χ3v) is 3.06. The normalized spacial score (nSPS) is 15.2. The zero-order chi connectivity index (χ0) is 10.7. The van der Waals surface area contributed by atoms with Gasteiger partial charge in [-0.15, -0.1) is 0 Å². The monoisotopic (exact) mass is 205 g/mol. The van der Waals surface area contributed by atoms with Crippen molar-refractivity contribution < 1.29 is 4.74 Å². The van der Waals surface area contributed by atoms with Crippen LogP contribution >= 0.6 is 0 Å². The van der Waals surface area contributed by atoms with Gasteiger partial charge < -0.3 is 9.64 Å². The van der Waals surface area contributed by atoms with E-state index in [1.165, 1.54) is 29.7 Å². The van der Waals surface area contributed by atoms with Gasteiger partial charge in [-0.2, -0.15) is 0 Å². The molecular weight excluding hydrogens is 186 g/mol. The first-order valence-corrected chi connectivity index (χ1v) is 5.71. The lowest BCUT2D eigenvalue weighted by atomic mass is 9.97. The molecule has 1 aromatic rings. The van der Waals surface area contributed by atoms with Crippen LogP contribution in [0.3, 0.4) is 0 Å². The Balaban J connectivity index is 2.38.